The Kier molecular flexibility index (Phi) is 3.91. The molecule has 1 saturated heterocycles. The number of nitrogens with zero attached hydrogens (tertiary/aromatic N) is 1. The van der Waals surface area contributed by atoms with E-state index in [1.807, 2.05) is 13.0 Å². The summed E-state index contributed by atoms with van der Waals surface area (Å²) < 4.78 is 0. The number of imide groups is 1. The number of hydrogen-bond donors (Lipinski definition) is 1. The number of rotatable bonds is 4. The van der Waals surface area contributed by atoms with Crippen LogP contribution in [-0.4, -0.2) is 29.2 Å². The van der Waals surface area contributed by atoms with Gasteiger partial charge < -0.3 is 5.32 Å². The summed E-state index contributed by atoms with van der Waals surface area (Å²) in [4.78, 5) is 38.6. The lowest BCUT2D eigenvalue weighted by atomic mass is 9.85. The van der Waals surface area contributed by atoms with Crippen molar-refractivity contribution in [2.24, 2.45) is 23.7 Å². The number of likely N-dealkylation sites (tertiary alicyclic amines) is 1. The predicted molar refractivity (Wildman–Crippen MR) is 93.9 cm³/mol. The average Bonchev–Trinajstić information content (AvgIpc) is 3.24. The summed E-state index contributed by atoms with van der Waals surface area (Å²) in [5.41, 5.74) is 1.54. The zero-order valence-corrected chi connectivity index (χ0v) is 14.6. The van der Waals surface area contributed by atoms with E-state index in [9.17, 15) is 14.4 Å². The summed E-state index contributed by atoms with van der Waals surface area (Å²) in [6.07, 6.45) is 5.13. The Morgan fingerprint density at radius 3 is 2.44 bits per heavy atom. The van der Waals surface area contributed by atoms with Crippen molar-refractivity contribution in [1.82, 2.24) is 4.90 Å². The zero-order chi connectivity index (χ0) is 17.7. The van der Waals surface area contributed by atoms with Gasteiger partial charge in [0, 0.05) is 23.7 Å². The van der Waals surface area contributed by atoms with Gasteiger partial charge in [-0.1, -0.05) is 29.8 Å². The summed E-state index contributed by atoms with van der Waals surface area (Å²) >= 11 is 6.05. The molecule has 4 atom stereocenters. The summed E-state index contributed by atoms with van der Waals surface area (Å²) in [5.74, 6) is -0.488. The van der Waals surface area contributed by atoms with Crippen LogP contribution in [0.15, 0.2) is 30.4 Å². The molecule has 1 N–H and O–H groups in total. The highest BCUT2D eigenvalue weighted by molar-refractivity contribution is 6.31. The number of anilines is 1. The van der Waals surface area contributed by atoms with Gasteiger partial charge in [0.2, 0.25) is 17.7 Å². The lowest BCUT2D eigenvalue weighted by Crippen LogP contribution is -2.35. The number of halogens is 1. The smallest absolute Gasteiger partial charge is 0.233 e. The first-order valence-electron chi connectivity index (χ1n) is 8.55. The van der Waals surface area contributed by atoms with Gasteiger partial charge in [-0.15, -0.1) is 0 Å². The largest absolute Gasteiger partial charge is 0.326 e. The molecule has 3 aliphatic rings. The second-order valence-corrected chi connectivity index (χ2v) is 7.50. The normalized spacial score (nSPS) is 29.4. The molecule has 1 heterocycles. The zero-order valence-electron chi connectivity index (χ0n) is 13.9. The molecule has 0 aromatic heterocycles. The molecule has 1 aromatic rings. The van der Waals surface area contributed by atoms with E-state index < -0.39 is 0 Å². The van der Waals surface area contributed by atoms with Gasteiger partial charge in [0.15, 0.2) is 0 Å². The number of aryl methyl sites for hydroxylation is 1. The van der Waals surface area contributed by atoms with E-state index in [0.717, 1.165) is 12.0 Å². The van der Waals surface area contributed by atoms with Crippen molar-refractivity contribution in [3.8, 4) is 0 Å². The first kappa shape index (κ1) is 16.3. The number of hydrogen-bond acceptors (Lipinski definition) is 3. The molecular formula is C19H19ClN2O3. The molecule has 1 saturated carbocycles. The Morgan fingerprint density at radius 1 is 1.20 bits per heavy atom. The molecule has 3 amide bonds. The van der Waals surface area contributed by atoms with Gasteiger partial charge in [0.25, 0.3) is 0 Å². The number of carbonyl (C=O) groups is 3. The lowest BCUT2D eigenvalue weighted by molar-refractivity contribution is -0.140. The van der Waals surface area contributed by atoms with Crippen LogP contribution in [-0.2, 0) is 14.4 Å². The lowest BCUT2D eigenvalue weighted by Gasteiger charge is -2.17. The third-order valence-corrected chi connectivity index (χ3v) is 5.99. The van der Waals surface area contributed by atoms with Crippen LogP contribution in [0.1, 0.15) is 18.4 Å². The Hall–Kier alpha value is -2.14. The monoisotopic (exact) mass is 358 g/mol. The molecule has 0 radical (unpaired) electrons. The van der Waals surface area contributed by atoms with E-state index >= 15 is 0 Å². The van der Waals surface area contributed by atoms with Gasteiger partial charge in [0.1, 0.15) is 0 Å². The van der Waals surface area contributed by atoms with E-state index in [-0.39, 0.29) is 54.4 Å². The van der Waals surface area contributed by atoms with Crippen LogP contribution < -0.4 is 5.32 Å². The van der Waals surface area contributed by atoms with Crippen LogP contribution in [0.4, 0.5) is 5.69 Å². The molecule has 1 aliphatic heterocycles. The van der Waals surface area contributed by atoms with E-state index in [1.54, 1.807) is 12.1 Å². The Morgan fingerprint density at radius 2 is 1.84 bits per heavy atom. The van der Waals surface area contributed by atoms with Crippen molar-refractivity contribution in [2.45, 2.75) is 19.8 Å². The standard InChI is InChI=1S/C19H19ClN2O3/c1-10-2-5-13(9-14(10)20)21-15(23)6-7-22-18(24)16-11-3-4-12(8-11)17(16)19(22)25/h2-5,9,11-12,16-17H,6-8H2,1H3,(H,21,23)/t11-,12-,16+,17+/m0/s1. The first-order valence-corrected chi connectivity index (χ1v) is 8.93. The molecule has 4 rings (SSSR count). The fourth-order valence-electron chi connectivity index (χ4n) is 4.29. The first-order chi connectivity index (χ1) is 12.0. The maximum atomic E-state index is 12.6. The fourth-order valence-corrected chi connectivity index (χ4v) is 4.47. The highest BCUT2D eigenvalue weighted by Gasteiger charge is 2.58. The Balaban J connectivity index is 1.37. The molecule has 6 heteroatoms. The molecular weight excluding hydrogens is 340 g/mol. The Labute approximate surface area is 151 Å². The van der Waals surface area contributed by atoms with Gasteiger partial charge in [0.05, 0.1) is 11.8 Å². The summed E-state index contributed by atoms with van der Waals surface area (Å²) in [5, 5.41) is 3.34. The maximum absolute atomic E-state index is 12.6. The number of benzene rings is 1. The molecule has 2 aliphatic carbocycles. The second-order valence-electron chi connectivity index (χ2n) is 7.09. The minimum Gasteiger partial charge on any atom is -0.326 e. The molecule has 2 bridgehead atoms. The van der Waals surface area contributed by atoms with Crippen molar-refractivity contribution >= 4 is 35.0 Å². The molecule has 5 nitrogen and oxygen atoms in total. The van der Waals surface area contributed by atoms with Crippen LogP contribution in [0.2, 0.25) is 5.02 Å². The quantitative estimate of drug-likeness (QED) is 0.664. The molecule has 2 fully saturated rings. The maximum Gasteiger partial charge on any atom is 0.233 e. The van der Waals surface area contributed by atoms with Crippen molar-refractivity contribution in [2.75, 3.05) is 11.9 Å². The molecule has 130 valence electrons. The van der Waals surface area contributed by atoms with Crippen LogP contribution in [0, 0.1) is 30.6 Å². The number of nitrogens with one attached hydrogen (secondary N) is 1. The summed E-state index contributed by atoms with van der Waals surface area (Å²) in [7, 11) is 0. The molecule has 1 aromatic carbocycles. The number of allylic oxidation sites excluding steroid dienone is 2. The fraction of sp³-hybridized carbons (Fsp3) is 0.421. The van der Waals surface area contributed by atoms with Crippen LogP contribution >= 0.6 is 11.6 Å². The van der Waals surface area contributed by atoms with Crippen molar-refractivity contribution in [3.63, 3.8) is 0 Å². The van der Waals surface area contributed by atoms with E-state index in [1.165, 1.54) is 4.90 Å². The number of amides is 3. The van der Waals surface area contributed by atoms with E-state index in [0.29, 0.717) is 10.7 Å². The number of fused-ring (bicyclic) bond motifs is 5. The van der Waals surface area contributed by atoms with Gasteiger partial charge in [-0.05, 0) is 42.9 Å². The Bertz CT molecular complexity index is 774. The van der Waals surface area contributed by atoms with Gasteiger partial charge in [-0.3, -0.25) is 19.3 Å². The summed E-state index contributed by atoms with van der Waals surface area (Å²) in [6.45, 7) is 2.02. The number of carbonyl (C=O) groups excluding carboxylic acids is 3. The van der Waals surface area contributed by atoms with Crippen LogP contribution in [0.25, 0.3) is 0 Å². The van der Waals surface area contributed by atoms with E-state index in [4.69, 9.17) is 11.6 Å². The second kappa shape index (κ2) is 5.99. The minimum absolute atomic E-state index is 0.0885. The minimum atomic E-state index is -0.237. The van der Waals surface area contributed by atoms with Crippen LogP contribution in [0.3, 0.4) is 0 Å². The molecule has 25 heavy (non-hydrogen) atoms. The summed E-state index contributed by atoms with van der Waals surface area (Å²) in [6, 6.07) is 5.29. The average molecular weight is 359 g/mol. The predicted octanol–water partition coefficient (Wildman–Crippen LogP) is 2.78. The van der Waals surface area contributed by atoms with Gasteiger partial charge in [-0.2, -0.15) is 0 Å². The van der Waals surface area contributed by atoms with Crippen molar-refractivity contribution in [3.05, 3.63) is 40.9 Å². The highest BCUT2D eigenvalue weighted by atomic mass is 35.5. The van der Waals surface area contributed by atoms with Gasteiger partial charge in [-0.25, -0.2) is 0 Å². The molecule has 0 unspecified atom stereocenters. The van der Waals surface area contributed by atoms with E-state index in [2.05, 4.69) is 17.5 Å². The van der Waals surface area contributed by atoms with Crippen LogP contribution in [0.5, 0.6) is 0 Å². The van der Waals surface area contributed by atoms with Crippen molar-refractivity contribution in [1.29, 1.82) is 0 Å². The highest BCUT2D eigenvalue weighted by Crippen LogP contribution is 2.52. The third-order valence-electron chi connectivity index (χ3n) is 5.58. The topological polar surface area (TPSA) is 66.5 Å². The third kappa shape index (κ3) is 2.67. The molecule has 0 spiro atoms. The van der Waals surface area contributed by atoms with Gasteiger partial charge >= 0.3 is 0 Å². The SMILES string of the molecule is Cc1ccc(NC(=O)CCN2C(=O)[C@H]3[C@H](C2=O)[C@H]2C=C[C@H]3C2)cc1Cl. The van der Waals surface area contributed by atoms with Crippen molar-refractivity contribution < 1.29 is 14.4 Å².